The standard InChI is InChI=1S/C7H9N3O4/c1-3-14-7(13)10-8-4(2)5(9-10)6(11)12/h3H2,1-2H3,(H,11,12). The van der Waals surface area contributed by atoms with Gasteiger partial charge in [0.25, 0.3) is 0 Å². The maximum Gasteiger partial charge on any atom is 0.452 e. The minimum atomic E-state index is -1.22. The summed E-state index contributed by atoms with van der Waals surface area (Å²) in [5.41, 5.74) is -0.0800. The van der Waals surface area contributed by atoms with Crippen molar-refractivity contribution in [2.24, 2.45) is 0 Å². The molecule has 0 aromatic carbocycles. The Morgan fingerprint density at radius 1 is 1.50 bits per heavy atom. The van der Waals surface area contributed by atoms with Crippen molar-refractivity contribution in [2.75, 3.05) is 6.61 Å². The first-order valence-corrected chi connectivity index (χ1v) is 3.90. The van der Waals surface area contributed by atoms with Gasteiger partial charge in [-0.05, 0) is 13.8 Å². The monoisotopic (exact) mass is 199 g/mol. The molecule has 0 spiro atoms. The van der Waals surface area contributed by atoms with Crippen LogP contribution in [0.3, 0.4) is 0 Å². The van der Waals surface area contributed by atoms with E-state index in [0.29, 0.717) is 4.80 Å². The molecule has 1 heterocycles. The fraction of sp³-hybridized carbons (Fsp3) is 0.429. The van der Waals surface area contributed by atoms with Crippen LogP contribution in [0.15, 0.2) is 0 Å². The Bertz CT molecular complexity index is 371. The minimum Gasteiger partial charge on any atom is -0.476 e. The molecular formula is C7H9N3O4. The van der Waals surface area contributed by atoms with Gasteiger partial charge in [0.2, 0.25) is 0 Å². The molecule has 0 bridgehead atoms. The van der Waals surface area contributed by atoms with Crippen LogP contribution in [0.5, 0.6) is 0 Å². The number of nitrogens with zero attached hydrogens (tertiary/aromatic N) is 3. The molecule has 0 saturated heterocycles. The van der Waals surface area contributed by atoms with Crippen LogP contribution in [0.1, 0.15) is 23.1 Å². The lowest BCUT2D eigenvalue weighted by molar-refractivity contribution is 0.0689. The summed E-state index contributed by atoms with van der Waals surface area (Å²) in [5.74, 6) is -1.22. The van der Waals surface area contributed by atoms with Crippen LogP contribution in [-0.4, -0.2) is 38.8 Å². The summed E-state index contributed by atoms with van der Waals surface area (Å²) in [6.45, 7) is 3.26. The average molecular weight is 199 g/mol. The smallest absolute Gasteiger partial charge is 0.452 e. The van der Waals surface area contributed by atoms with E-state index in [1.165, 1.54) is 6.92 Å². The van der Waals surface area contributed by atoms with Crippen LogP contribution < -0.4 is 0 Å². The number of aryl methyl sites for hydroxylation is 1. The van der Waals surface area contributed by atoms with Crippen LogP contribution in [0.4, 0.5) is 4.79 Å². The molecular weight excluding hydrogens is 190 g/mol. The Hall–Kier alpha value is -1.92. The van der Waals surface area contributed by atoms with Crippen molar-refractivity contribution in [1.29, 1.82) is 0 Å². The fourth-order valence-electron chi connectivity index (χ4n) is 0.839. The number of rotatable bonds is 2. The number of carbonyl (C=O) groups is 2. The zero-order chi connectivity index (χ0) is 10.7. The van der Waals surface area contributed by atoms with Crippen molar-refractivity contribution >= 4 is 12.1 Å². The van der Waals surface area contributed by atoms with Gasteiger partial charge in [-0.3, -0.25) is 0 Å². The summed E-state index contributed by atoms with van der Waals surface area (Å²) in [7, 11) is 0. The van der Waals surface area contributed by atoms with Gasteiger partial charge in [-0.15, -0.1) is 10.2 Å². The minimum absolute atomic E-state index is 0.172. The molecule has 0 amide bonds. The predicted octanol–water partition coefficient (Wildman–Crippen LogP) is 0.289. The van der Waals surface area contributed by atoms with Crippen molar-refractivity contribution in [1.82, 2.24) is 15.0 Å². The molecule has 14 heavy (non-hydrogen) atoms. The Morgan fingerprint density at radius 2 is 2.14 bits per heavy atom. The van der Waals surface area contributed by atoms with Crippen molar-refractivity contribution < 1.29 is 19.4 Å². The highest BCUT2D eigenvalue weighted by Crippen LogP contribution is 2.00. The van der Waals surface area contributed by atoms with E-state index in [4.69, 9.17) is 5.11 Å². The van der Waals surface area contributed by atoms with Crippen molar-refractivity contribution in [3.05, 3.63) is 11.4 Å². The maximum atomic E-state index is 11.1. The number of aromatic nitrogens is 3. The van der Waals surface area contributed by atoms with E-state index in [-0.39, 0.29) is 18.0 Å². The van der Waals surface area contributed by atoms with Gasteiger partial charge in [0.1, 0.15) is 0 Å². The van der Waals surface area contributed by atoms with Crippen LogP contribution >= 0.6 is 0 Å². The van der Waals surface area contributed by atoms with Crippen molar-refractivity contribution in [3.8, 4) is 0 Å². The number of aromatic carboxylic acids is 1. The zero-order valence-electron chi connectivity index (χ0n) is 7.72. The third kappa shape index (κ3) is 1.87. The second kappa shape index (κ2) is 3.86. The molecule has 1 rings (SSSR count). The second-order valence-corrected chi connectivity index (χ2v) is 2.43. The molecule has 7 heteroatoms. The Kier molecular flexibility index (Phi) is 2.80. The van der Waals surface area contributed by atoms with Crippen LogP contribution in [-0.2, 0) is 4.74 Å². The molecule has 0 unspecified atom stereocenters. The quantitative estimate of drug-likeness (QED) is 0.735. The highest BCUT2D eigenvalue weighted by atomic mass is 16.6. The van der Waals surface area contributed by atoms with Gasteiger partial charge in [-0.25, -0.2) is 9.59 Å². The lowest BCUT2D eigenvalue weighted by Crippen LogP contribution is -2.17. The van der Waals surface area contributed by atoms with E-state index in [1.807, 2.05) is 0 Å². The molecule has 0 saturated carbocycles. The van der Waals surface area contributed by atoms with E-state index >= 15 is 0 Å². The number of carboxylic acid groups (broad SMARTS) is 1. The van der Waals surface area contributed by atoms with E-state index in [0.717, 1.165) is 0 Å². The summed E-state index contributed by atoms with van der Waals surface area (Å²) in [6, 6.07) is 0. The fourth-order valence-corrected chi connectivity index (χ4v) is 0.839. The molecule has 76 valence electrons. The molecule has 1 aromatic heterocycles. The third-order valence-electron chi connectivity index (χ3n) is 1.42. The van der Waals surface area contributed by atoms with Gasteiger partial charge in [0, 0.05) is 0 Å². The summed E-state index contributed by atoms with van der Waals surface area (Å²) in [5, 5.41) is 15.7. The first kappa shape index (κ1) is 10.2. The highest BCUT2D eigenvalue weighted by molar-refractivity contribution is 5.86. The van der Waals surface area contributed by atoms with Gasteiger partial charge in [-0.1, -0.05) is 4.80 Å². The van der Waals surface area contributed by atoms with Crippen molar-refractivity contribution in [3.63, 3.8) is 0 Å². The summed E-state index contributed by atoms with van der Waals surface area (Å²) in [4.78, 5) is 22.2. The van der Waals surface area contributed by atoms with Gasteiger partial charge in [0.15, 0.2) is 5.69 Å². The van der Waals surface area contributed by atoms with Gasteiger partial charge in [-0.2, -0.15) is 0 Å². The van der Waals surface area contributed by atoms with Crippen LogP contribution in [0, 0.1) is 6.92 Å². The van der Waals surface area contributed by atoms with Crippen LogP contribution in [0.2, 0.25) is 0 Å². The molecule has 0 fully saturated rings. The van der Waals surface area contributed by atoms with E-state index in [2.05, 4.69) is 14.9 Å². The average Bonchev–Trinajstić information content (AvgIpc) is 2.48. The molecule has 1 aromatic rings. The molecule has 0 radical (unpaired) electrons. The van der Waals surface area contributed by atoms with E-state index in [9.17, 15) is 9.59 Å². The van der Waals surface area contributed by atoms with Crippen LogP contribution in [0.25, 0.3) is 0 Å². The number of carbonyl (C=O) groups excluding carboxylic acids is 1. The maximum absolute atomic E-state index is 11.1. The first-order chi connectivity index (χ1) is 6.56. The zero-order valence-corrected chi connectivity index (χ0v) is 7.72. The predicted molar refractivity (Wildman–Crippen MR) is 44.1 cm³/mol. The number of ether oxygens (including phenoxy) is 1. The Labute approximate surface area is 79.3 Å². The number of carboxylic acids is 1. The van der Waals surface area contributed by atoms with Crippen molar-refractivity contribution in [2.45, 2.75) is 13.8 Å². The van der Waals surface area contributed by atoms with Gasteiger partial charge in [0.05, 0.1) is 12.3 Å². The van der Waals surface area contributed by atoms with Gasteiger partial charge >= 0.3 is 12.1 Å². The number of hydrogen-bond acceptors (Lipinski definition) is 5. The first-order valence-electron chi connectivity index (χ1n) is 3.90. The van der Waals surface area contributed by atoms with E-state index < -0.39 is 12.1 Å². The Morgan fingerprint density at radius 3 is 2.57 bits per heavy atom. The lowest BCUT2D eigenvalue weighted by atomic mass is 10.4. The molecule has 1 N–H and O–H groups in total. The molecule has 0 aliphatic rings. The van der Waals surface area contributed by atoms with Gasteiger partial charge < -0.3 is 9.84 Å². The number of hydrogen-bond donors (Lipinski definition) is 1. The Balaban J connectivity index is 2.96. The second-order valence-electron chi connectivity index (χ2n) is 2.43. The molecule has 0 aliphatic carbocycles. The van der Waals surface area contributed by atoms with E-state index in [1.54, 1.807) is 6.92 Å². The molecule has 7 nitrogen and oxygen atoms in total. The normalized spacial score (nSPS) is 9.86. The molecule has 0 aliphatic heterocycles. The topological polar surface area (TPSA) is 94.3 Å². The summed E-state index contributed by atoms with van der Waals surface area (Å²) in [6.07, 6.45) is -0.789. The SMILES string of the molecule is CCOC(=O)n1nc(C)c(C(=O)O)n1. The largest absolute Gasteiger partial charge is 0.476 e. The summed E-state index contributed by atoms with van der Waals surface area (Å²) >= 11 is 0. The molecule has 0 atom stereocenters. The lowest BCUT2D eigenvalue weighted by Gasteiger charge is -1.96. The highest BCUT2D eigenvalue weighted by Gasteiger charge is 2.17. The summed E-state index contributed by atoms with van der Waals surface area (Å²) < 4.78 is 4.58. The third-order valence-corrected chi connectivity index (χ3v) is 1.42.